The van der Waals surface area contributed by atoms with Gasteiger partial charge in [-0.1, -0.05) is 22.9 Å². The zero-order valence-corrected chi connectivity index (χ0v) is 11.2. The highest BCUT2D eigenvalue weighted by Crippen LogP contribution is 2.32. The molecule has 6 nitrogen and oxygen atoms in total. The van der Waals surface area contributed by atoms with Crippen molar-refractivity contribution < 1.29 is 0 Å². The highest BCUT2D eigenvalue weighted by molar-refractivity contribution is 8.00. The fourth-order valence-corrected chi connectivity index (χ4v) is 3.68. The fraction of sp³-hybridized carbons (Fsp3) is 0. The summed E-state index contributed by atoms with van der Waals surface area (Å²) < 4.78 is 3.01. The summed E-state index contributed by atoms with van der Waals surface area (Å²) in [5.41, 5.74) is 0. The maximum absolute atomic E-state index is 5.81. The van der Waals surface area contributed by atoms with Crippen molar-refractivity contribution in [2.75, 3.05) is 0 Å². The lowest BCUT2D eigenvalue weighted by Crippen LogP contribution is -1.97. The molecule has 0 spiro atoms. The largest absolute Gasteiger partial charge is 0.236 e. The summed E-state index contributed by atoms with van der Waals surface area (Å²) in [6, 6.07) is 0. The van der Waals surface area contributed by atoms with Gasteiger partial charge >= 0.3 is 0 Å². The normalized spacial score (nSPS) is 10.9. The highest BCUT2D eigenvalue weighted by atomic mass is 35.5. The average molecular weight is 303 g/mol. The summed E-state index contributed by atoms with van der Waals surface area (Å²) >= 11 is 10.0. The van der Waals surface area contributed by atoms with Gasteiger partial charge in [-0.3, -0.25) is 0 Å². The maximum Gasteiger partial charge on any atom is 0.223 e. The molecule has 0 saturated carbocycles. The predicted molar refractivity (Wildman–Crippen MR) is 66.1 cm³/mol. The molecule has 3 aromatic heterocycles. The van der Waals surface area contributed by atoms with Gasteiger partial charge in [-0.2, -0.15) is 4.68 Å². The Morgan fingerprint density at radius 1 is 1.35 bits per heavy atom. The number of tetrazole rings is 1. The summed E-state index contributed by atoms with van der Waals surface area (Å²) in [6.45, 7) is 0. The van der Waals surface area contributed by atoms with Gasteiger partial charge < -0.3 is 0 Å². The van der Waals surface area contributed by atoms with Crippen molar-refractivity contribution in [3.05, 3.63) is 22.1 Å². The molecule has 0 aromatic carbocycles. The molecule has 3 aromatic rings. The second kappa shape index (κ2) is 4.69. The predicted octanol–water partition coefficient (Wildman–Crippen LogP) is 2.38. The van der Waals surface area contributed by atoms with E-state index in [1.165, 1.54) is 34.4 Å². The van der Waals surface area contributed by atoms with Crippen LogP contribution in [0.5, 0.6) is 0 Å². The molecule has 3 rings (SSSR count). The molecule has 17 heavy (non-hydrogen) atoms. The Hall–Kier alpha value is -1.03. The number of halogens is 1. The molecule has 0 aliphatic rings. The highest BCUT2D eigenvalue weighted by Gasteiger charge is 2.13. The summed E-state index contributed by atoms with van der Waals surface area (Å²) in [5.74, 6) is 0. The molecule has 0 aliphatic carbocycles. The van der Waals surface area contributed by atoms with Crippen LogP contribution in [0, 0.1) is 0 Å². The maximum atomic E-state index is 5.81. The molecule has 3 heterocycles. The Labute approximate surface area is 113 Å². The van der Waals surface area contributed by atoms with Crippen LogP contribution in [-0.2, 0) is 0 Å². The quantitative estimate of drug-likeness (QED) is 0.740. The Kier molecular flexibility index (Phi) is 3.05. The van der Waals surface area contributed by atoms with Crippen molar-refractivity contribution in [1.82, 2.24) is 30.2 Å². The van der Waals surface area contributed by atoms with Crippen LogP contribution in [0.15, 0.2) is 27.3 Å². The number of hydrogen-bond acceptors (Lipinski definition) is 8. The Morgan fingerprint density at radius 3 is 3.00 bits per heavy atom. The van der Waals surface area contributed by atoms with Crippen molar-refractivity contribution in [3.63, 3.8) is 0 Å². The molecule has 0 atom stereocenters. The molecule has 0 amide bonds. The summed E-state index contributed by atoms with van der Waals surface area (Å²) in [7, 11) is 0. The third-order valence-corrected chi connectivity index (χ3v) is 4.55. The minimum atomic E-state index is 0.617. The van der Waals surface area contributed by atoms with Crippen molar-refractivity contribution in [2.45, 2.75) is 9.50 Å². The van der Waals surface area contributed by atoms with E-state index in [-0.39, 0.29) is 0 Å². The second-order valence-electron chi connectivity index (χ2n) is 2.72. The third kappa shape index (κ3) is 2.32. The summed E-state index contributed by atoms with van der Waals surface area (Å²) in [4.78, 5) is 8.29. The van der Waals surface area contributed by atoms with Gasteiger partial charge in [0, 0.05) is 11.6 Å². The van der Waals surface area contributed by atoms with E-state index >= 15 is 0 Å². The van der Waals surface area contributed by atoms with Gasteiger partial charge in [0.1, 0.15) is 4.34 Å². The van der Waals surface area contributed by atoms with Crippen molar-refractivity contribution in [2.24, 2.45) is 0 Å². The van der Waals surface area contributed by atoms with Crippen LogP contribution < -0.4 is 0 Å². The summed E-state index contributed by atoms with van der Waals surface area (Å²) in [5, 5.41) is 14.7. The van der Waals surface area contributed by atoms with Gasteiger partial charge in [0.05, 0.1) is 6.20 Å². The van der Waals surface area contributed by atoms with Gasteiger partial charge in [0.25, 0.3) is 0 Å². The van der Waals surface area contributed by atoms with Gasteiger partial charge in [-0.15, -0.1) is 16.4 Å². The number of hydrogen-bond donors (Lipinski definition) is 0. The second-order valence-corrected chi connectivity index (χ2v) is 6.47. The lowest BCUT2D eigenvalue weighted by atomic mass is 11.0. The Bertz CT molecular complexity index is 617. The standard InChI is InChI=1S/C7H3ClN6S3/c8-4-3-10-7(16-4)17-6-11-12-13-14(6)5-9-1-2-15-5/h1-3H. The zero-order valence-electron chi connectivity index (χ0n) is 8.02. The van der Waals surface area contributed by atoms with Crippen LogP contribution >= 0.6 is 46.0 Å². The van der Waals surface area contributed by atoms with E-state index in [1.807, 2.05) is 5.38 Å². The Balaban J connectivity index is 1.92. The number of nitrogens with zero attached hydrogens (tertiary/aromatic N) is 6. The summed E-state index contributed by atoms with van der Waals surface area (Å²) in [6.07, 6.45) is 3.31. The molecule has 0 bridgehead atoms. The first-order valence-corrected chi connectivity index (χ1v) is 7.19. The van der Waals surface area contributed by atoms with E-state index in [9.17, 15) is 0 Å². The SMILES string of the molecule is Clc1cnc(Sc2nnnn2-c2nccs2)s1. The minimum absolute atomic E-state index is 0.617. The molecule has 0 radical (unpaired) electrons. The van der Waals surface area contributed by atoms with Gasteiger partial charge in [-0.05, 0) is 22.2 Å². The molecule has 0 saturated heterocycles. The molecule has 0 N–H and O–H groups in total. The lowest BCUT2D eigenvalue weighted by Gasteiger charge is -1.96. The van der Waals surface area contributed by atoms with Crippen LogP contribution in [0.3, 0.4) is 0 Å². The molecular formula is C7H3ClN6S3. The lowest BCUT2D eigenvalue weighted by molar-refractivity contribution is 0.750. The first-order chi connectivity index (χ1) is 8.33. The van der Waals surface area contributed by atoms with E-state index < -0.39 is 0 Å². The third-order valence-electron chi connectivity index (χ3n) is 1.68. The van der Waals surface area contributed by atoms with E-state index in [0.717, 1.165) is 9.47 Å². The van der Waals surface area contributed by atoms with Crippen LogP contribution in [0.25, 0.3) is 5.13 Å². The Morgan fingerprint density at radius 2 is 2.29 bits per heavy atom. The molecule has 0 unspecified atom stereocenters. The van der Waals surface area contributed by atoms with E-state index in [0.29, 0.717) is 9.49 Å². The monoisotopic (exact) mass is 302 g/mol. The average Bonchev–Trinajstić information content (AvgIpc) is 3.00. The van der Waals surface area contributed by atoms with E-state index in [4.69, 9.17) is 11.6 Å². The molecule has 10 heteroatoms. The molecule has 86 valence electrons. The van der Waals surface area contributed by atoms with Crippen LogP contribution in [0.1, 0.15) is 0 Å². The number of thiazole rings is 2. The molecular weight excluding hydrogens is 300 g/mol. The van der Waals surface area contributed by atoms with Gasteiger partial charge in [0.2, 0.25) is 10.3 Å². The number of rotatable bonds is 3. The first kappa shape index (κ1) is 11.1. The minimum Gasteiger partial charge on any atom is -0.236 e. The molecule has 0 aliphatic heterocycles. The van der Waals surface area contributed by atoms with Crippen LogP contribution in [0.2, 0.25) is 4.34 Å². The van der Waals surface area contributed by atoms with Crippen LogP contribution in [-0.4, -0.2) is 30.2 Å². The van der Waals surface area contributed by atoms with Crippen molar-refractivity contribution in [1.29, 1.82) is 0 Å². The van der Waals surface area contributed by atoms with Crippen LogP contribution in [0.4, 0.5) is 0 Å². The van der Waals surface area contributed by atoms with Gasteiger partial charge in [-0.25, -0.2) is 9.97 Å². The first-order valence-electron chi connectivity index (χ1n) is 4.30. The zero-order chi connectivity index (χ0) is 11.7. The van der Waals surface area contributed by atoms with Crippen molar-refractivity contribution >= 4 is 46.0 Å². The molecule has 0 fully saturated rings. The van der Waals surface area contributed by atoms with Gasteiger partial charge in [0.15, 0.2) is 4.34 Å². The van der Waals surface area contributed by atoms with E-state index in [1.54, 1.807) is 17.1 Å². The number of aromatic nitrogens is 6. The fourth-order valence-electron chi connectivity index (χ4n) is 1.05. The van der Waals surface area contributed by atoms with E-state index in [2.05, 4.69) is 25.5 Å². The van der Waals surface area contributed by atoms with Crippen molar-refractivity contribution in [3.8, 4) is 5.13 Å². The smallest absolute Gasteiger partial charge is 0.223 e. The topological polar surface area (TPSA) is 69.4 Å².